The summed E-state index contributed by atoms with van der Waals surface area (Å²) in [6, 6.07) is 9.55. The van der Waals surface area contributed by atoms with E-state index in [0.29, 0.717) is 28.2 Å². The molecule has 0 saturated heterocycles. The third kappa shape index (κ3) is 6.33. The summed E-state index contributed by atoms with van der Waals surface area (Å²) < 4.78 is 55.0. The molecule has 2 aromatic rings. The largest absolute Gasteiger partial charge is 0.476 e. The van der Waals surface area contributed by atoms with Crippen LogP contribution in [0.2, 0.25) is 0 Å². The number of hydrogen-bond donors (Lipinski definition) is 3. The lowest BCUT2D eigenvalue weighted by Gasteiger charge is -2.35. The third-order valence-corrected chi connectivity index (χ3v) is 8.79. The second kappa shape index (κ2) is 11.6. The Morgan fingerprint density at radius 3 is 2.56 bits per heavy atom. The summed E-state index contributed by atoms with van der Waals surface area (Å²) in [6.07, 6.45) is 3.97. The predicted molar refractivity (Wildman–Crippen MR) is 132 cm³/mol. The van der Waals surface area contributed by atoms with Gasteiger partial charge in [-0.25, -0.2) is 9.18 Å². The summed E-state index contributed by atoms with van der Waals surface area (Å²) in [5.74, 6) is -2.69. The minimum atomic E-state index is -3.21. The topological polar surface area (TPSA) is 87.0 Å². The zero-order chi connectivity index (χ0) is 24.9. The van der Waals surface area contributed by atoms with Crippen LogP contribution in [0.5, 0.6) is 5.75 Å². The number of carboxylic acids is 1. The second-order valence-electron chi connectivity index (χ2n) is 8.34. The summed E-state index contributed by atoms with van der Waals surface area (Å²) in [5, 5.41) is 8.79. The molecule has 0 fully saturated rings. The summed E-state index contributed by atoms with van der Waals surface area (Å²) in [6.45, 7) is 4.02. The molecule has 0 aliphatic carbocycles. The van der Waals surface area contributed by atoms with Crippen molar-refractivity contribution in [1.29, 1.82) is 0 Å². The lowest BCUT2D eigenvalue weighted by molar-refractivity contribution is -0.134. The van der Waals surface area contributed by atoms with Crippen molar-refractivity contribution in [3.05, 3.63) is 65.4 Å². The van der Waals surface area contributed by atoms with Crippen LogP contribution in [0.3, 0.4) is 0 Å². The Balaban J connectivity index is 2.16. The Morgan fingerprint density at radius 2 is 1.94 bits per heavy atom. The van der Waals surface area contributed by atoms with Crippen LogP contribution in [0.15, 0.2) is 58.3 Å². The number of carbonyl (C=O) groups is 1. The van der Waals surface area contributed by atoms with Gasteiger partial charge in [0.15, 0.2) is 0 Å². The fourth-order valence-electron chi connectivity index (χ4n) is 4.29. The highest BCUT2D eigenvalue weighted by molar-refractivity contribution is 8.24. The fraction of sp³-hybridized carbons (Fsp3) is 0.400. The van der Waals surface area contributed by atoms with Crippen molar-refractivity contribution in [3.8, 4) is 5.75 Å². The van der Waals surface area contributed by atoms with Gasteiger partial charge >= 0.3 is 5.97 Å². The highest BCUT2D eigenvalue weighted by Crippen LogP contribution is 2.59. The van der Waals surface area contributed by atoms with Crippen molar-refractivity contribution >= 4 is 28.3 Å². The smallest absolute Gasteiger partial charge is 0.368 e. The molecule has 2 aromatic carbocycles. The number of rotatable bonds is 9. The van der Waals surface area contributed by atoms with Gasteiger partial charge in [0.2, 0.25) is 5.83 Å². The molecule has 1 heterocycles. The molecule has 9 heteroatoms. The van der Waals surface area contributed by atoms with Gasteiger partial charge in [-0.3, -0.25) is 9.11 Å². The molecule has 3 rings (SSSR count). The molecule has 0 bridgehead atoms. The van der Waals surface area contributed by atoms with Gasteiger partial charge in [0, 0.05) is 17.7 Å². The van der Waals surface area contributed by atoms with Crippen LogP contribution in [0, 0.1) is 11.7 Å². The van der Waals surface area contributed by atoms with Crippen molar-refractivity contribution in [3.63, 3.8) is 0 Å². The maximum atomic E-state index is 13.6. The van der Waals surface area contributed by atoms with Gasteiger partial charge in [0.1, 0.15) is 17.8 Å². The molecule has 1 aliphatic heterocycles. The second-order valence-corrected chi connectivity index (χ2v) is 11.8. The van der Waals surface area contributed by atoms with Crippen molar-refractivity contribution < 1.29 is 32.5 Å². The Morgan fingerprint density at radius 1 is 1.24 bits per heavy atom. The monoisotopic (exact) mass is 512 g/mol. The first-order chi connectivity index (χ1) is 16.2. The minimum absolute atomic E-state index is 0.0448. The van der Waals surface area contributed by atoms with Crippen LogP contribution in [0.4, 0.5) is 8.78 Å². The molecule has 0 spiro atoms. The summed E-state index contributed by atoms with van der Waals surface area (Å²) >= 11 is 1.42. The number of ether oxygens (including phenoxy) is 1. The van der Waals surface area contributed by atoms with E-state index in [9.17, 15) is 22.7 Å². The maximum Gasteiger partial charge on any atom is 0.368 e. The van der Waals surface area contributed by atoms with Crippen LogP contribution >= 0.6 is 22.4 Å². The molecule has 34 heavy (non-hydrogen) atoms. The van der Waals surface area contributed by atoms with E-state index < -0.39 is 22.4 Å². The molecule has 5 nitrogen and oxygen atoms in total. The van der Waals surface area contributed by atoms with Gasteiger partial charge < -0.3 is 9.84 Å². The number of halogens is 2. The van der Waals surface area contributed by atoms with Crippen molar-refractivity contribution in [2.24, 2.45) is 5.92 Å². The molecule has 1 aliphatic rings. The van der Waals surface area contributed by atoms with Gasteiger partial charge in [-0.2, -0.15) is 15.0 Å². The van der Waals surface area contributed by atoms with E-state index in [-0.39, 0.29) is 29.2 Å². The number of aliphatic carboxylic acids is 1. The zero-order valence-corrected chi connectivity index (χ0v) is 20.8. The SMILES string of the molecule is CCCCC1CC(c2ccc(F)cc2)c2cc(SCC)c(O/C=C(\F)C(=O)O)cc2S(O)(O)C1. The van der Waals surface area contributed by atoms with Gasteiger partial charge in [0.05, 0.1) is 9.79 Å². The van der Waals surface area contributed by atoms with Gasteiger partial charge in [-0.15, -0.1) is 11.8 Å². The lowest BCUT2D eigenvalue weighted by Crippen LogP contribution is -2.13. The van der Waals surface area contributed by atoms with Crippen molar-refractivity contribution in [2.45, 2.75) is 55.2 Å². The van der Waals surface area contributed by atoms with Crippen molar-refractivity contribution in [1.82, 2.24) is 0 Å². The minimum Gasteiger partial charge on any atom is -0.476 e. The molecule has 0 radical (unpaired) electrons. The van der Waals surface area contributed by atoms with Crippen LogP contribution in [0.25, 0.3) is 0 Å². The highest BCUT2D eigenvalue weighted by Gasteiger charge is 2.35. The third-order valence-electron chi connectivity index (χ3n) is 5.87. The first-order valence-electron chi connectivity index (χ1n) is 11.2. The van der Waals surface area contributed by atoms with Crippen LogP contribution in [-0.2, 0) is 4.79 Å². The van der Waals surface area contributed by atoms with E-state index in [1.807, 2.05) is 13.0 Å². The average molecular weight is 513 g/mol. The Labute approximate surface area is 204 Å². The normalized spacial score (nSPS) is 20.8. The van der Waals surface area contributed by atoms with Crippen molar-refractivity contribution in [2.75, 3.05) is 11.5 Å². The number of carboxylic acid groups (broad SMARTS) is 1. The highest BCUT2D eigenvalue weighted by atomic mass is 32.3. The zero-order valence-electron chi connectivity index (χ0n) is 19.2. The van der Waals surface area contributed by atoms with Gasteiger partial charge in [0.25, 0.3) is 0 Å². The Hall–Kier alpha value is -2.07. The van der Waals surface area contributed by atoms with E-state index in [0.717, 1.165) is 30.4 Å². The quantitative estimate of drug-likeness (QED) is 0.182. The molecular weight excluding hydrogens is 482 g/mol. The van der Waals surface area contributed by atoms with E-state index in [2.05, 4.69) is 6.92 Å². The van der Waals surface area contributed by atoms with Crippen LogP contribution in [0.1, 0.15) is 56.6 Å². The van der Waals surface area contributed by atoms with Crippen LogP contribution < -0.4 is 4.74 Å². The summed E-state index contributed by atoms with van der Waals surface area (Å²) in [5.41, 5.74) is 1.59. The van der Waals surface area contributed by atoms with E-state index in [1.165, 1.54) is 30.0 Å². The van der Waals surface area contributed by atoms with Gasteiger partial charge in [-0.05, 0) is 53.8 Å². The fourth-order valence-corrected chi connectivity index (χ4v) is 7.07. The average Bonchev–Trinajstić information content (AvgIpc) is 2.90. The maximum absolute atomic E-state index is 13.6. The molecule has 0 aromatic heterocycles. The van der Waals surface area contributed by atoms with E-state index in [4.69, 9.17) is 9.84 Å². The summed E-state index contributed by atoms with van der Waals surface area (Å²) in [4.78, 5) is 11.8. The molecule has 2 atom stereocenters. The molecular formula is C25H30F2O5S2. The first-order valence-corrected chi connectivity index (χ1v) is 13.9. The number of fused-ring (bicyclic) bond motifs is 1. The van der Waals surface area contributed by atoms with E-state index >= 15 is 0 Å². The molecule has 2 unspecified atom stereocenters. The summed E-state index contributed by atoms with van der Waals surface area (Å²) in [7, 11) is -3.21. The standard InChI is InChI=1S/C25H30F2O5S2/c1-3-5-6-16-11-19(17-7-9-18(26)10-8-17)20-12-23(33-4-2)22(32-14-21(27)25(28)29)13-24(20)34(30,31)15-16/h7-10,12-14,16,19,30-31H,3-6,11,15H2,1-2H3,(H,28,29)/b21-14-. The number of benzene rings is 2. The van der Waals surface area contributed by atoms with Crippen LogP contribution in [-0.4, -0.2) is 31.7 Å². The number of hydrogen-bond acceptors (Lipinski definition) is 5. The predicted octanol–water partition coefficient (Wildman–Crippen LogP) is 7.66. The number of thioether (sulfide) groups is 1. The Bertz CT molecular complexity index is 1040. The Kier molecular flexibility index (Phi) is 9.03. The number of unbranched alkanes of at least 4 members (excludes halogenated alkanes) is 1. The molecule has 0 amide bonds. The van der Waals surface area contributed by atoms with E-state index in [1.54, 1.807) is 12.1 Å². The van der Waals surface area contributed by atoms with Gasteiger partial charge in [-0.1, -0.05) is 38.8 Å². The molecule has 186 valence electrons. The molecule has 0 saturated carbocycles. The first kappa shape index (κ1) is 26.5. The molecule has 3 N–H and O–H groups in total. The lowest BCUT2D eigenvalue weighted by atomic mass is 9.82.